The van der Waals surface area contributed by atoms with Crippen LogP contribution >= 0.6 is 0 Å². The van der Waals surface area contributed by atoms with E-state index in [-0.39, 0.29) is 6.03 Å². The lowest BCUT2D eigenvalue weighted by Gasteiger charge is -2.37. The number of ether oxygens (including phenoxy) is 1. The first-order valence-electron chi connectivity index (χ1n) is 7.28. The van der Waals surface area contributed by atoms with Gasteiger partial charge in [-0.25, -0.2) is 4.79 Å². The number of piperidine rings is 1. The predicted molar refractivity (Wildman–Crippen MR) is 71.5 cm³/mol. The van der Waals surface area contributed by atoms with E-state index in [1.807, 2.05) is 9.80 Å². The quantitative estimate of drug-likeness (QED) is 0.757. The second-order valence-corrected chi connectivity index (χ2v) is 5.94. The fourth-order valence-corrected chi connectivity index (χ4v) is 2.98. The third-order valence-corrected chi connectivity index (χ3v) is 3.97. The highest BCUT2D eigenvalue weighted by Crippen LogP contribution is 2.24. The van der Waals surface area contributed by atoms with Gasteiger partial charge in [-0.05, 0) is 31.1 Å². The molecule has 0 aliphatic carbocycles. The summed E-state index contributed by atoms with van der Waals surface area (Å²) in [4.78, 5) is 16.2. The molecule has 2 rings (SSSR count). The monoisotopic (exact) mass is 254 g/mol. The van der Waals surface area contributed by atoms with Gasteiger partial charge in [-0.3, -0.25) is 0 Å². The Balaban J connectivity index is 1.76. The number of amides is 2. The zero-order valence-electron chi connectivity index (χ0n) is 11.7. The summed E-state index contributed by atoms with van der Waals surface area (Å²) >= 11 is 0. The summed E-state index contributed by atoms with van der Waals surface area (Å²) in [6.07, 6.45) is 3.65. The molecule has 0 unspecified atom stereocenters. The molecule has 4 nitrogen and oxygen atoms in total. The van der Waals surface area contributed by atoms with Crippen molar-refractivity contribution in [2.75, 3.05) is 39.4 Å². The number of nitrogens with zero attached hydrogens (tertiary/aromatic N) is 2. The molecule has 2 amide bonds. The maximum Gasteiger partial charge on any atom is 0.320 e. The number of carbonyl (C=O) groups excluding carboxylic acids is 1. The number of hydrogen-bond acceptors (Lipinski definition) is 2. The van der Waals surface area contributed by atoms with Crippen molar-refractivity contribution in [2.45, 2.75) is 33.1 Å². The van der Waals surface area contributed by atoms with Gasteiger partial charge in [-0.15, -0.1) is 0 Å². The number of likely N-dealkylation sites (tertiary alicyclic amines) is 1. The summed E-state index contributed by atoms with van der Waals surface area (Å²) in [5.41, 5.74) is 0. The lowest BCUT2D eigenvalue weighted by atomic mass is 9.89. The third kappa shape index (κ3) is 3.61. The first kappa shape index (κ1) is 13.7. The van der Waals surface area contributed by atoms with Crippen molar-refractivity contribution in [1.82, 2.24) is 9.80 Å². The van der Waals surface area contributed by atoms with E-state index < -0.39 is 0 Å². The molecule has 0 spiro atoms. The Morgan fingerprint density at radius 2 is 1.67 bits per heavy atom. The molecule has 0 aromatic rings. The minimum absolute atomic E-state index is 0.223. The number of morpholine rings is 1. The molecule has 0 aromatic heterocycles. The summed E-state index contributed by atoms with van der Waals surface area (Å²) in [6.45, 7) is 9.33. The molecule has 18 heavy (non-hydrogen) atoms. The largest absolute Gasteiger partial charge is 0.378 e. The van der Waals surface area contributed by atoms with Crippen molar-refractivity contribution in [2.24, 2.45) is 11.8 Å². The van der Waals surface area contributed by atoms with Crippen LogP contribution in [-0.4, -0.2) is 55.2 Å². The third-order valence-electron chi connectivity index (χ3n) is 3.97. The molecule has 104 valence electrons. The van der Waals surface area contributed by atoms with Crippen LogP contribution in [0, 0.1) is 11.8 Å². The van der Waals surface area contributed by atoms with Crippen LogP contribution in [0.15, 0.2) is 0 Å². The zero-order valence-corrected chi connectivity index (χ0v) is 11.7. The van der Waals surface area contributed by atoms with Crippen molar-refractivity contribution in [3.63, 3.8) is 0 Å². The molecule has 2 aliphatic rings. The van der Waals surface area contributed by atoms with E-state index in [1.165, 1.54) is 19.3 Å². The normalized spacial score (nSPS) is 22.6. The van der Waals surface area contributed by atoms with Crippen LogP contribution in [0.3, 0.4) is 0 Å². The lowest BCUT2D eigenvalue weighted by Crippen LogP contribution is -2.50. The lowest BCUT2D eigenvalue weighted by molar-refractivity contribution is 0.0396. The second-order valence-electron chi connectivity index (χ2n) is 5.94. The van der Waals surface area contributed by atoms with E-state index in [0.29, 0.717) is 13.2 Å². The van der Waals surface area contributed by atoms with Gasteiger partial charge in [-0.2, -0.15) is 0 Å². The topological polar surface area (TPSA) is 32.8 Å². The van der Waals surface area contributed by atoms with Gasteiger partial charge in [0.1, 0.15) is 0 Å². The Hall–Kier alpha value is -0.770. The van der Waals surface area contributed by atoms with Crippen molar-refractivity contribution in [3.05, 3.63) is 0 Å². The minimum atomic E-state index is 0.223. The van der Waals surface area contributed by atoms with Gasteiger partial charge in [0.25, 0.3) is 0 Å². The average Bonchev–Trinajstić information content (AvgIpc) is 2.39. The van der Waals surface area contributed by atoms with Crippen molar-refractivity contribution in [1.29, 1.82) is 0 Å². The van der Waals surface area contributed by atoms with Gasteiger partial charge in [-0.1, -0.05) is 13.8 Å². The number of urea groups is 1. The first-order chi connectivity index (χ1) is 8.66. The molecule has 0 N–H and O–H groups in total. The summed E-state index contributed by atoms with van der Waals surface area (Å²) in [5, 5.41) is 0. The highest BCUT2D eigenvalue weighted by molar-refractivity contribution is 5.74. The average molecular weight is 254 g/mol. The van der Waals surface area contributed by atoms with E-state index >= 15 is 0 Å². The van der Waals surface area contributed by atoms with Gasteiger partial charge in [0, 0.05) is 26.2 Å². The number of rotatable bonds is 2. The fraction of sp³-hybridized carbons (Fsp3) is 0.929. The molecule has 2 saturated heterocycles. The van der Waals surface area contributed by atoms with Crippen molar-refractivity contribution < 1.29 is 9.53 Å². The van der Waals surface area contributed by atoms with Crippen LogP contribution in [0.4, 0.5) is 4.79 Å². The Morgan fingerprint density at radius 1 is 1.11 bits per heavy atom. The molecule has 4 heteroatoms. The van der Waals surface area contributed by atoms with E-state index in [2.05, 4.69) is 13.8 Å². The fourth-order valence-electron chi connectivity index (χ4n) is 2.98. The first-order valence-corrected chi connectivity index (χ1v) is 7.28. The van der Waals surface area contributed by atoms with Gasteiger partial charge in [0.2, 0.25) is 0 Å². The molecule has 0 radical (unpaired) electrons. The Bertz CT molecular complexity index is 267. The van der Waals surface area contributed by atoms with Crippen molar-refractivity contribution >= 4 is 6.03 Å². The SMILES string of the molecule is CC(C)CC1CCN(C(=O)N2CCOCC2)CC1. The molecular weight excluding hydrogens is 228 g/mol. The molecule has 2 fully saturated rings. The molecule has 2 aliphatic heterocycles. The van der Waals surface area contributed by atoms with E-state index in [9.17, 15) is 4.79 Å². The van der Waals surface area contributed by atoms with E-state index in [1.54, 1.807) is 0 Å². The van der Waals surface area contributed by atoms with Crippen LogP contribution in [-0.2, 0) is 4.74 Å². The minimum Gasteiger partial charge on any atom is -0.378 e. The maximum absolute atomic E-state index is 12.3. The molecule has 2 heterocycles. The van der Waals surface area contributed by atoms with E-state index in [4.69, 9.17) is 4.74 Å². The maximum atomic E-state index is 12.3. The molecular formula is C14H26N2O2. The number of hydrogen-bond donors (Lipinski definition) is 0. The second kappa shape index (κ2) is 6.41. The Morgan fingerprint density at radius 3 is 2.22 bits per heavy atom. The van der Waals surface area contributed by atoms with Crippen LogP contribution < -0.4 is 0 Å². The van der Waals surface area contributed by atoms with Crippen molar-refractivity contribution in [3.8, 4) is 0 Å². The van der Waals surface area contributed by atoms with Crippen LogP contribution in [0.25, 0.3) is 0 Å². The Labute approximate surface area is 110 Å². The summed E-state index contributed by atoms with van der Waals surface area (Å²) in [6, 6.07) is 0.223. The van der Waals surface area contributed by atoms with E-state index in [0.717, 1.165) is 38.0 Å². The summed E-state index contributed by atoms with van der Waals surface area (Å²) in [5.74, 6) is 1.59. The number of carbonyl (C=O) groups is 1. The standard InChI is InChI=1S/C14H26N2O2/c1-12(2)11-13-3-5-15(6-4-13)14(17)16-7-9-18-10-8-16/h12-13H,3-11H2,1-2H3. The molecule has 0 bridgehead atoms. The van der Waals surface area contributed by atoms with Gasteiger partial charge in [0.15, 0.2) is 0 Å². The molecule has 0 aromatic carbocycles. The predicted octanol–water partition coefficient (Wildman–Crippen LogP) is 2.20. The van der Waals surface area contributed by atoms with Crippen LogP contribution in [0.5, 0.6) is 0 Å². The highest BCUT2D eigenvalue weighted by atomic mass is 16.5. The van der Waals surface area contributed by atoms with Crippen LogP contribution in [0.2, 0.25) is 0 Å². The van der Waals surface area contributed by atoms with Gasteiger partial charge >= 0.3 is 6.03 Å². The molecule has 0 saturated carbocycles. The zero-order chi connectivity index (χ0) is 13.0. The highest BCUT2D eigenvalue weighted by Gasteiger charge is 2.27. The van der Waals surface area contributed by atoms with Crippen LogP contribution in [0.1, 0.15) is 33.1 Å². The Kier molecular flexibility index (Phi) is 4.87. The molecule has 0 atom stereocenters. The van der Waals surface area contributed by atoms with Gasteiger partial charge in [0.05, 0.1) is 13.2 Å². The summed E-state index contributed by atoms with van der Waals surface area (Å²) in [7, 11) is 0. The summed E-state index contributed by atoms with van der Waals surface area (Å²) < 4.78 is 5.29. The van der Waals surface area contributed by atoms with Gasteiger partial charge < -0.3 is 14.5 Å². The smallest absolute Gasteiger partial charge is 0.320 e.